The molecular formula is C13H10ClN3. The molecule has 3 nitrogen and oxygen atoms in total. The van der Waals surface area contributed by atoms with E-state index in [1.165, 1.54) is 0 Å². The molecule has 0 aliphatic rings. The van der Waals surface area contributed by atoms with Crippen molar-refractivity contribution in [3.8, 4) is 11.3 Å². The fourth-order valence-electron chi connectivity index (χ4n) is 2.04. The zero-order valence-electron chi connectivity index (χ0n) is 9.26. The molecule has 0 saturated carbocycles. The monoisotopic (exact) mass is 243 g/mol. The van der Waals surface area contributed by atoms with Crippen molar-refractivity contribution >= 4 is 22.5 Å². The van der Waals surface area contributed by atoms with Gasteiger partial charge in [-0.15, -0.1) is 0 Å². The molecule has 1 aromatic carbocycles. The average Bonchev–Trinajstić information content (AvgIpc) is 2.67. The summed E-state index contributed by atoms with van der Waals surface area (Å²) in [7, 11) is 2.03. The molecule has 0 aliphatic heterocycles. The Labute approximate surface area is 104 Å². The first kappa shape index (κ1) is 10.3. The Kier molecular flexibility index (Phi) is 2.34. The van der Waals surface area contributed by atoms with Crippen LogP contribution in [0.15, 0.2) is 42.7 Å². The summed E-state index contributed by atoms with van der Waals surface area (Å²) in [4.78, 5) is 0. The minimum Gasteiger partial charge on any atom is -0.344 e. The molecule has 0 bridgehead atoms. The third-order valence-corrected chi connectivity index (χ3v) is 3.12. The molecule has 0 N–H and O–H groups in total. The molecule has 0 saturated heterocycles. The summed E-state index contributed by atoms with van der Waals surface area (Å²) < 4.78 is 2.13. The summed E-state index contributed by atoms with van der Waals surface area (Å²) in [5.41, 5.74) is 3.31. The van der Waals surface area contributed by atoms with Gasteiger partial charge in [0.25, 0.3) is 0 Å². The van der Waals surface area contributed by atoms with Gasteiger partial charge in [-0.25, -0.2) is 0 Å². The molecule has 3 aromatic rings. The number of nitrogens with zero attached hydrogens (tertiary/aromatic N) is 3. The molecule has 0 amide bonds. The van der Waals surface area contributed by atoms with Gasteiger partial charge in [-0.3, -0.25) is 0 Å². The van der Waals surface area contributed by atoms with Gasteiger partial charge in [-0.2, -0.15) is 10.2 Å². The lowest BCUT2D eigenvalue weighted by atomic mass is 10.2. The molecule has 0 radical (unpaired) electrons. The fourth-order valence-corrected chi connectivity index (χ4v) is 2.22. The van der Waals surface area contributed by atoms with E-state index in [-0.39, 0.29) is 0 Å². The maximum atomic E-state index is 5.99. The maximum Gasteiger partial charge on any atom is 0.0589 e. The predicted octanol–water partition coefficient (Wildman–Crippen LogP) is 3.29. The summed E-state index contributed by atoms with van der Waals surface area (Å²) in [5, 5.41) is 9.57. The zero-order chi connectivity index (χ0) is 11.8. The van der Waals surface area contributed by atoms with Crippen molar-refractivity contribution in [2.75, 3.05) is 0 Å². The fraction of sp³-hybridized carbons (Fsp3) is 0.0769. The van der Waals surface area contributed by atoms with Crippen molar-refractivity contribution in [1.29, 1.82) is 0 Å². The van der Waals surface area contributed by atoms with Crippen LogP contribution in [-0.4, -0.2) is 14.8 Å². The van der Waals surface area contributed by atoms with Crippen LogP contribution in [0.4, 0.5) is 0 Å². The van der Waals surface area contributed by atoms with E-state index in [1.54, 1.807) is 12.4 Å². The molecule has 84 valence electrons. The van der Waals surface area contributed by atoms with Crippen LogP contribution in [0.5, 0.6) is 0 Å². The molecule has 0 unspecified atom stereocenters. The normalized spacial score (nSPS) is 10.9. The molecule has 3 rings (SSSR count). The van der Waals surface area contributed by atoms with Gasteiger partial charge in [0.05, 0.1) is 18.1 Å². The summed E-state index contributed by atoms with van der Waals surface area (Å²) in [6.07, 6.45) is 3.45. The van der Waals surface area contributed by atoms with E-state index in [0.29, 0.717) is 0 Å². The minimum atomic E-state index is 0.752. The molecule has 2 aromatic heterocycles. The van der Waals surface area contributed by atoms with Gasteiger partial charge in [0.1, 0.15) is 0 Å². The van der Waals surface area contributed by atoms with Gasteiger partial charge in [0, 0.05) is 28.5 Å². The zero-order valence-corrected chi connectivity index (χ0v) is 10.0. The Morgan fingerprint density at radius 2 is 2.00 bits per heavy atom. The molecule has 2 heterocycles. The highest BCUT2D eigenvalue weighted by molar-refractivity contribution is 6.31. The third-order valence-electron chi connectivity index (χ3n) is 2.88. The Morgan fingerprint density at radius 1 is 1.12 bits per heavy atom. The van der Waals surface area contributed by atoms with Gasteiger partial charge >= 0.3 is 0 Å². The van der Waals surface area contributed by atoms with Crippen LogP contribution < -0.4 is 0 Å². The number of hydrogen-bond donors (Lipinski definition) is 0. The van der Waals surface area contributed by atoms with E-state index < -0.39 is 0 Å². The SMILES string of the molecule is Cn1c(-c2ccnnc2)cc2cc(Cl)ccc21. The molecule has 0 spiro atoms. The summed E-state index contributed by atoms with van der Waals surface area (Å²) in [6, 6.07) is 9.95. The quantitative estimate of drug-likeness (QED) is 0.657. The lowest BCUT2D eigenvalue weighted by Gasteiger charge is -2.02. The first-order valence-electron chi connectivity index (χ1n) is 5.28. The second-order valence-corrected chi connectivity index (χ2v) is 4.36. The lowest BCUT2D eigenvalue weighted by Crippen LogP contribution is -1.91. The molecule has 4 heteroatoms. The van der Waals surface area contributed by atoms with E-state index in [9.17, 15) is 0 Å². The minimum absolute atomic E-state index is 0.752. The molecule has 0 aliphatic carbocycles. The second-order valence-electron chi connectivity index (χ2n) is 3.92. The lowest BCUT2D eigenvalue weighted by molar-refractivity contribution is 0.967. The molecule has 0 fully saturated rings. The number of fused-ring (bicyclic) bond motifs is 1. The maximum absolute atomic E-state index is 5.99. The molecule has 0 atom stereocenters. The Morgan fingerprint density at radius 3 is 2.76 bits per heavy atom. The highest BCUT2D eigenvalue weighted by Gasteiger charge is 2.07. The van der Waals surface area contributed by atoms with E-state index in [2.05, 4.69) is 20.8 Å². The number of hydrogen-bond acceptors (Lipinski definition) is 2. The number of halogens is 1. The van der Waals surface area contributed by atoms with Gasteiger partial charge < -0.3 is 4.57 Å². The highest BCUT2D eigenvalue weighted by atomic mass is 35.5. The topological polar surface area (TPSA) is 30.7 Å². The summed E-state index contributed by atoms with van der Waals surface area (Å²) >= 11 is 5.99. The van der Waals surface area contributed by atoms with Crippen LogP contribution in [0.2, 0.25) is 5.02 Å². The Balaban J connectivity index is 2.28. The average molecular weight is 244 g/mol. The molecular weight excluding hydrogens is 234 g/mol. The van der Waals surface area contributed by atoms with Crippen molar-refractivity contribution in [2.24, 2.45) is 7.05 Å². The van der Waals surface area contributed by atoms with Crippen molar-refractivity contribution in [2.45, 2.75) is 0 Å². The third kappa shape index (κ3) is 1.68. The summed E-state index contributed by atoms with van der Waals surface area (Å²) in [5.74, 6) is 0. The van der Waals surface area contributed by atoms with Crippen LogP contribution in [0.1, 0.15) is 0 Å². The van der Waals surface area contributed by atoms with Crippen molar-refractivity contribution in [3.63, 3.8) is 0 Å². The van der Waals surface area contributed by atoms with Gasteiger partial charge in [0.2, 0.25) is 0 Å². The number of aromatic nitrogens is 3. The second kappa shape index (κ2) is 3.86. The first-order chi connectivity index (χ1) is 8.25. The van der Waals surface area contributed by atoms with Crippen LogP contribution in [0.3, 0.4) is 0 Å². The number of aryl methyl sites for hydroxylation is 1. The number of rotatable bonds is 1. The summed E-state index contributed by atoms with van der Waals surface area (Å²) in [6.45, 7) is 0. The standard InChI is InChI=1S/C13H10ClN3/c1-17-12-3-2-11(14)6-10(12)7-13(17)9-4-5-15-16-8-9/h2-8H,1H3. The van der Waals surface area contributed by atoms with Crippen molar-refractivity contribution in [3.05, 3.63) is 47.7 Å². The van der Waals surface area contributed by atoms with Crippen LogP contribution in [-0.2, 0) is 7.05 Å². The van der Waals surface area contributed by atoms with Crippen LogP contribution in [0.25, 0.3) is 22.2 Å². The van der Waals surface area contributed by atoms with Gasteiger partial charge in [-0.05, 0) is 30.3 Å². The number of benzene rings is 1. The van der Waals surface area contributed by atoms with Crippen molar-refractivity contribution < 1.29 is 0 Å². The smallest absolute Gasteiger partial charge is 0.0589 e. The Hall–Kier alpha value is -1.87. The van der Waals surface area contributed by atoms with Crippen LogP contribution in [0, 0.1) is 0 Å². The predicted molar refractivity (Wildman–Crippen MR) is 69.0 cm³/mol. The highest BCUT2D eigenvalue weighted by Crippen LogP contribution is 2.28. The first-order valence-corrected chi connectivity index (χ1v) is 5.65. The Bertz CT molecular complexity index is 674. The molecule has 17 heavy (non-hydrogen) atoms. The van der Waals surface area contributed by atoms with E-state index in [0.717, 1.165) is 27.2 Å². The largest absolute Gasteiger partial charge is 0.344 e. The van der Waals surface area contributed by atoms with Crippen molar-refractivity contribution in [1.82, 2.24) is 14.8 Å². The van der Waals surface area contributed by atoms with E-state index >= 15 is 0 Å². The van der Waals surface area contributed by atoms with Gasteiger partial charge in [0.15, 0.2) is 0 Å². The van der Waals surface area contributed by atoms with Crippen LogP contribution >= 0.6 is 11.6 Å². The van der Waals surface area contributed by atoms with E-state index in [4.69, 9.17) is 11.6 Å². The van der Waals surface area contributed by atoms with E-state index in [1.807, 2.05) is 31.3 Å². The van der Waals surface area contributed by atoms with Gasteiger partial charge in [-0.1, -0.05) is 11.6 Å².